The van der Waals surface area contributed by atoms with Crippen molar-refractivity contribution in [3.63, 3.8) is 0 Å². The lowest BCUT2D eigenvalue weighted by Gasteiger charge is -2.22. The summed E-state index contributed by atoms with van der Waals surface area (Å²) in [5.74, 6) is 0. The van der Waals surface area contributed by atoms with Crippen LogP contribution < -0.4 is 31.9 Å². The van der Waals surface area contributed by atoms with Gasteiger partial charge < -0.3 is 9.47 Å². The number of nitrogens with one attached hydrogen (secondary N) is 6. The summed E-state index contributed by atoms with van der Waals surface area (Å²) in [4.78, 5) is 22.3. The van der Waals surface area contributed by atoms with E-state index in [4.69, 9.17) is 29.0 Å². The minimum atomic E-state index is -3.77. The van der Waals surface area contributed by atoms with Crippen molar-refractivity contribution in [3.05, 3.63) is 0 Å². The van der Waals surface area contributed by atoms with Crippen LogP contribution in [0, 0.1) is 0 Å². The first-order valence-electron chi connectivity index (χ1n) is 7.02. The highest BCUT2D eigenvalue weighted by Gasteiger charge is 2.25. The van der Waals surface area contributed by atoms with Crippen LogP contribution in [0.5, 0.6) is 0 Å². The molecule has 0 aromatic rings. The van der Waals surface area contributed by atoms with E-state index in [1.807, 2.05) is 0 Å². The standard InChI is InChI=1S/C10H21N6O6PS2/c1-4-20-9(17)13-11-7(24)15-23(19,22-6-3)16-8(25)12-14-10(18)21-5-2/h4-6H2,1-3H3,(H,13,17)(H,14,18)(H4,11,12,15,16,19,24,25). The van der Waals surface area contributed by atoms with Crippen molar-refractivity contribution < 1.29 is 28.2 Å². The molecule has 0 spiro atoms. The van der Waals surface area contributed by atoms with Crippen LogP contribution in [-0.2, 0) is 18.6 Å². The van der Waals surface area contributed by atoms with Crippen molar-refractivity contribution in [1.29, 1.82) is 0 Å². The van der Waals surface area contributed by atoms with E-state index in [0.717, 1.165) is 0 Å². The zero-order chi connectivity index (χ0) is 19.3. The van der Waals surface area contributed by atoms with Crippen molar-refractivity contribution in [1.82, 2.24) is 31.9 Å². The quantitative estimate of drug-likeness (QED) is 0.202. The van der Waals surface area contributed by atoms with Gasteiger partial charge in [0.05, 0.1) is 19.8 Å². The monoisotopic (exact) mass is 416 g/mol. The van der Waals surface area contributed by atoms with Gasteiger partial charge in [-0.25, -0.2) is 25.0 Å². The molecule has 15 heteroatoms. The molecule has 6 N–H and O–H groups in total. The fourth-order valence-corrected chi connectivity index (χ4v) is 3.17. The molecule has 0 saturated heterocycles. The summed E-state index contributed by atoms with van der Waals surface area (Å²) >= 11 is 9.75. The second-order valence-electron chi connectivity index (χ2n) is 3.79. The predicted molar refractivity (Wildman–Crippen MR) is 97.3 cm³/mol. The summed E-state index contributed by atoms with van der Waals surface area (Å²) in [5, 5.41) is 4.23. The maximum Gasteiger partial charge on any atom is 0.425 e. The van der Waals surface area contributed by atoms with Gasteiger partial charge in [0.25, 0.3) is 0 Å². The maximum absolute atomic E-state index is 12.6. The van der Waals surface area contributed by atoms with Gasteiger partial charge in [-0.1, -0.05) is 0 Å². The van der Waals surface area contributed by atoms with E-state index >= 15 is 0 Å². The smallest absolute Gasteiger partial charge is 0.425 e. The van der Waals surface area contributed by atoms with Crippen molar-refractivity contribution in [3.8, 4) is 0 Å². The molecule has 0 aliphatic carbocycles. The molecule has 0 unspecified atom stereocenters. The number of hydrogen-bond acceptors (Lipinski definition) is 8. The van der Waals surface area contributed by atoms with E-state index in [1.165, 1.54) is 0 Å². The Labute approximate surface area is 155 Å². The maximum atomic E-state index is 12.6. The lowest BCUT2D eigenvalue weighted by atomic mass is 10.9. The SMILES string of the molecule is CCOC(=O)NNC(=S)NP(=O)(NC(=S)NNC(=O)OCC)OCC. The van der Waals surface area contributed by atoms with Crippen LogP contribution >= 0.6 is 32.1 Å². The minimum Gasteiger partial charge on any atom is -0.449 e. The Kier molecular flexibility index (Phi) is 11.5. The number of ether oxygens (including phenoxy) is 2. The Morgan fingerprint density at radius 2 is 1.20 bits per heavy atom. The van der Waals surface area contributed by atoms with Crippen LogP contribution in [0.25, 0.3) is 0 Å². The van der Waals surface area contributed by atoms with Crippen LogP contribution in [-0.4, -0.2) is 42.2 Å². The summed E-state index contributed by atoms with van der Waals surface area (Å²) in [6, 6.07) is 0. The number of amides is 2. The average molecular weight is 416 g/mol. The first-order chi connectivity index (χ1) is 11.8. The molecule has 0 aliphatic heterocycles. The minimum absolute atomic E-state index is 0.0547. The molecular weight excluding hydrogens is 395 g/mol. The van der Waals surface area contributed by atoms with Gasteiger partial charge in [0.2, 0.25) is 0 Å². The Morgan fingerprint density at radius 3 is 1.52 bits per heavy atom. The first-order valence-corrected chi connectivity index (χ1v) is 9.47. The van der Waals surface area contributed by atoms with Crippen LogP contribution in [0.2, 0.25) is 0 Å². The van der Waals surface area contributed by atoms with E-state index in [2.05, 4.69) is 41.4 Å². The molecule has 0 fully saturated rings. The van der Waals surface area contributed by atoms with Crippen LogP contribution in [0.3, 0.4) is 0 Å². The molecule has 2 amide bonds. The van der Waals surface area contributed by atoms with E-state index in [1.54, 1.807) is 20.8 Å². The molecule has 144 valence electrons. The third-order valence-electron chi connectivity index (χ3n) is 1.92. The second kappa shape index (κ2) is 12.5. The van der Waals surface area contributed by atoms with Gasteiger partial charge in [-0.3, -0.25) is 25.5 Å². The van der Waals surface area contributed by atoms with Crippen LogP contribution in [0.1, 0.15) is 20.8 Å². The number of carbonyl (C=O) groups is 2. The molecule has 0 saturated carbocycles. The van der Waals surface area contributed by atoms with Gasteiger partial charge in [-0.2, -0.15) is 0 Å². The molecule has 0 radical (unpaired) electrons. The summed E-state index contributed by atoms with van der Waals surface area (Å²) in [6.45, 7) is 5.24. The highest BCUT2D eigenvalue weighted by molar-refractivity contribution is 7.82. The topological polar surface area (TPSA) is 151 Å². The predicted octanol–water partition coefficient (Wildman–Crippen LogP) is 0.381. The molecular formula is C10H21N6O6PS2. The highest BCUT2D eigenvalue weighted by Crippen LogP contribution is 2.36. The summed E-state index contributed by atoms with van der Waals surface area (Å²) in [7, 11) is -3.77. The summed E-state index contributed by atoms with van der Waals surface area (Å²) < 4.78 is 26.9. The Balaban J connectivity index is 4.53. The largest absolute Gasteiger partial charge is 0.449 e. The van der Waals surface area contributed by atoms with E-state index < -0.39 is 19.9 Å². The molecule has 0 atom stereocenters. The molecule has 25 heavy (non-hydrogen) atoms. The number of hydrogen-bond donors (Lipinski definition) is 6. The van der Waals surface area contributed by atoms with E-state index in [0.29, 0.717) is 0 Å². The zero-order valence-corrected chi connectivity index (χ0v) is 16.4. The van der Waals surface area contributed by atoms with E-state index in [-0.39, 0.29) is 30.0 Å². The molecule has 0 bridgehead atoms. The Hall–Kier alpha value is -1.89. The summed E-state index contributed by atoms with van der Waals surface area (Å²) in [6.07, 6.45) is -1.55. The zero-order valence-electron chi connectivity index (χ0n) is 13.8. The van der Waals surface area contributed by atoms with Crippen molar-refractivity contribution in [2.75, 3.05) is 19.8 Å². The molecule has 0 aliphatic rings. The van der Waals surface area contributed by atoms with Crippen molar-refractivity contribution in [2.45, 2.75) is 20.8 Å². The van der Waals surface area contributed by atoms with Gasteiger partial charge in [-0.05, 0) is 45.2 Å². The molecule has 0 aromatic carbocycles. The third kappa shape index (κ3) is 11.3. The number of thiocarbonyl (C=S) groups is 2. The van der Waals surface area contributed by atoms with E-state index in [9.17, 15) is 14.2 Å². The first kappa shape index (κ1) is 23.1. The Morgan fingerprint density at radius 1 is 0.800 bits per heavy atom. The lowest BCUT2D eigenvalue weighted by molar-refractivity contribution is 0.149. The van der Waals surface area contributed by atoms with Crippen molar-refractivity contribution in [2.24, 2.45) is 0 Å². The third-order valence-corrected chi connectivity index (χ3v) is 4.28. The normalized spacial score (nSPS) is 10.0. The van der Waals surface area contributed by atoms with Gasteiger partial charge in [0, 0.05) is 0 Å². The van der Waals surface area contributed by atoms with Crippen LogP contribution in [0.4, 0.5) is 9.59 Å². The lowest BCUT2D eigenvalue weighted by Crippen LogP contribution is -2.50. The van der Waals surface area contributed by atoms with Gasteiger partial charge in [-0.15, -0.1) is 0 Å². The number of carbonyl (C=O) groups excluding carboxylic acids is 2. The van der Waals surface area contributed by atoms with Gasteiger partial charge >= 0.3 is 19.9 Å². The highest BCUT2D eigenvalue weighted by atomic mass is 32.1. The van der Waals surface area contributed by atoms with Crippen molar-refractivity contribution >= 4 is 54.5 Å². The fourth-order valence-electron chi connectivity index (χ4n) is 1.15. The fraction of sp³-hybridized carbons (Fsp3) is 0.600. The molecule has 0 aromatic heterocycles. The Bertz CT molecular complexity index is 496. The van der Waals surface area contributed by atoms with Gasteiger partial charge in [0.1, 0.15) is 0 Å². The summed E-state index contributed by atoms with van der Waals surface area (Å²) in [5.41, 5.74) is 8.77. The van der Waals surface area contributed by atoms with Gasteiger partial charge in [0.15, 0.2) is 10.2 Å². The number of rotatable bonds is 6. The molecule has 0 rings (SSSR count). The van der Waals surface area contributed by atoms with Crippen LogP contribution in [0.15, 0.2) is 0 Å². The molecule has 0 heterocycles. The number of hydrazine groups is 2. The average Bonchev–Trinajstić information content (AvgIpc) is 2.51. The second-order valence-corrected chi connectivity index (χ2v) is 6.42. The molecule has 12 nitrogen and oxygen atoms in total.